The van der Waals surface area contributed by atoms with Crippen molar-refractivity contribution in [1.82, 2.24) is 9.97 Å². The highest BCUT2D eigenvalue weighted by Gasteiger charge is 2.30. The van der Waals surface area contributed by atoms with Crippen molar-refractivity contribution in [1.29, 1.82) is 5.26 Å². The third-order valence-electron chi connectivity index (χ3n) is 2.11. The van der Waals surface area contributed by atoms with Gasteiger partial charge in [0.05, 0.1) is 5.56 Å². The monoisotopic (exact) mass is 265 g/mol. The van der Waals surface area contributed by atoms with E-state index in [0.717, 1.165) is 12.1 Å². The maximum atomic E-state index is 12.3. The molecule has 0 saturated carbocycles. The number of rotatable bonds is 2. The third kappa shape index (κ3) is 3.19. The zero-order chi connectivity index (χ0) is 13.9. The van der Waals surface area contributed by atoms with Crippen LogP contribution in [0.4, 0.5) is 13.2 Å². The lowest BCUT2D eigenvalue weighted by atomic mass is 10.3. The Kier molecular flexibility index (Phi) is 3.33. The van der Waals surface area contributed by atoms with Crippen LogP contribution < -0.4 is 4.74 Å². The Hall–Kier alpha value is -2.62. The van der Waals surface area contributed by atoms with Gasteiger partial charge in [0.1, 0.15) is 11.8 Å². The molecule has 0 aliphatic carbocycles. The normalized spacial score (nSPS) is 10.8. The van der Waals surface area contributed by atoms with E-state index in [4.69, 9.17) is 10.00 Å². The maximum absolute atomic E-state index is 12.3. The van der Waals surface area contributed by atoms with Crippen LogP contribution in [0.25, 0.3) is 0 Å². The average Bonchev–Trinajstić information content (AvgIpc) is 2.38. The minimum absolute atomic E-state index is 0.0319. The number of ether oxygens (including phenoxy) is 1. The van der Waals surface area contributed by atoms with Crippen molar-refractivity contribution in [2.75, 3.05) is 0 Å². The SMILES string of the molecule is N#Cc1cccc(Oc2ccc(C(F)(F)F)cn2)n1. The van der Waals surface area contributed by atoms with Gasteiger partial charge in [-0.05, 0) is 12.1 Å². The molecule has 0 radical (unpaired) electrons. The Morgan fingerprint density at radius 3 is 2.47 bits per heavy atom. The average molecular weight is 265 g/mol. The highest BCUT2D eigenvalue weighted by atomic mass is 19.4. The summed E-state index contributed by atoms with van der Waals surface area (Å²) in [5.41, 5.74) is -0.719. The van der Waals surface area contributed by atoms with Gasteiger partial charge in [-0.2, -0.15) is 18.4 Å². The lowest BCUT2D eigenvalue weighted by molar-refractivity contribution is -0.137. The van der Waals surface area contributed by atoms with E-state index < -0.39 is 11.7 Å². The molecule has 4 nitrogen and oxygen atoms in total. The number of alkyl halides is 3. The molecule has 7 heteroatoms. The number of hydrogen-bond donors (Lipinski definition) is 0. The van der Waals surface area contributed by atoms with E-state index in [1.807, 2.05) is 6.07 Å². The van der Waals surface area contributed by atoms with E-state index in [0.29, 0.717) is 6.20 Å². The van der Waals surface area contributed by atoms with Gasteiger partial charge in [0, 0.05) is 18.3 Å². The predicted octanol–water partition coefficient (Wildman–Crippen LogP) is 3.16. The minimum Gasteiger partial charge on any atom is -0.421 e. The molecule has 2 rings (SSSR count). The molecule has 0 saturated heterocycles. The second kappa shape index (κ2) is 4.94. The van der Waals surface area contributed by atoms with Gasteiger partial charge >= 0.3 is 6.18 Å². The largest absolute Gasteiger partial charge is 0.421 e. The first-order chi connectivity index (χ1) is 8.99. The summed E-state index contributed by atoms with van der Waals surface area (Å²) < 4.78 is 42.1. The molecule has 0 amide bonds. The number of hydrogen-bond acceptors (Lipinski definition) is 4. The molecule has 0 aliphatic heterocycles. The summed E-state index contributed by atoms with van der Waals surface area (Å²) in [4.78, 5) is 7.34. The predicted molar refractivity (Wildman–Crippen MR) is 58.3 cm³/mol. The lowest BCUT2D eigenvalue weighted by Crippen LogP contribution is -2.05. The molecule has 0 spiro atoms. The van der Waals surface area contributed by atoms with Crippen LogP contribution in [0.1, 0.15) is 11.3 Å². The van der Waals surface area contributed by atoms with Crippen molar-refractivity contribution in [3.63, 3.8) is 0 Å². The molecule has 0 atom stereocenters. The first-order valence-electron chi connectivity index (χ1n) is 5.07. The summed E-state index contributed by atoms with van der Waals surface area (Å²) in [5, 5.41) is 8.65. The molecule has 0 bridgehead atoms. The van der Waals surface area contributed by atoms with Crippen molar-refractivity contribution in [3.05, 3.63) is 47.8 Å². The standard InChI is InChI=1S/C12H6F3N3O/c13-12(14,15)8-4-5-10(17-7-8)19-11-3-1-2-9(6-16)18-11/h1-5,7H. The van der Waals surface area contributed by atoms with Crippen LogP contribution in [-0.4, -0.2) is 9.97 Å². The quantitative estimate of drug-likeness (QED) is 0.836. The summed E-state index contributed by atoms with van der Waals surface area (Å²) in [6.45, 7) is 0. The second-order valence-electron chi connectivity index (χ2n) is 3.46. The summed E-state index contributed by atoms with van der Waals surface area (Å²) in [6, 6.07) is 8.26. The van der Waals surface area contributed by atoms with Gasteiger partial charge in [0.25, 0.3) is 0 Å². The fraction of sp³-hybridized carbons (Fsp3) is 0.0833. The fourth-order valence-corrected chi connectivity index (χ4v) is 1.25. The zero-order valence-corrected chi connectivity index (χ0v) is 9.35. The Morgan fingerprint density at radius 1 is 1.11 bits per heavy atom. The minimum atomic E-state index is -4.44. The summed E-state index contributed by atoms with van der Waals surface area (Å²) in [7, 11) is 0. The molecule has 2 aromatic heterocycles. The highest BCUT2D eigenvalue weighted by molar-refractivity contribution is 5.28. The number of aromatic nitrogens is 2. The van der Waals surface area contributed by atoms with Crippen molar-refractivity contribution < 1.29 is 17.9 Å². The van der Waals surface area contributed by atoms with E-state index in [-0.39, 0.29) is 17.5 Å². The summed E-state index contributed by atoms with van der Waals surface area (Å²) in [5.74, 6) is 0.0573. The van der Waals surface area contributed by atoms with Crippen LogP contribution in [0.5, 0.6) is 11.8 Å². The molecule has 2 heterocycles. The third-order valence-corrected chi connectivity index (χ3v) is 2.11. The van der Waals surface area contributed by atoms with Gasteiger partial charge in [-0.25, -0.2) is 9.97 Å². The Bertz CT molecular complexity index is 617. The number of pyridine rings is 2. The topological polar surface area (TPSA) is 58.8 Å². The molecular formula is C12H6F3N3O. The molecule has 2 aromatic rings. The molecule has 0 fully saturated rings. The van der Waals surface area contributed by atoms with Crippen molar-refractivity contribution in [2.24, 2.45) is 0 Å². The second-order valence-corrected chi connectivity index (χ2v) is 3.46. The lowest BCUT2D eigenvalue weighted by Gasteiger charge is -2.07. The van der Waals surface area contributed by atoms with E-state index in [2.05, 4.69) is 9.97 Å². The number of nitrogens with zero attached hydrogens (tertiary/aromatic N) is 3. The first kappa shape index (κ1) is 12.8. The van der Waals surface area contributed by atoms with E-state index >= 15 is 0 Å². The van der Waals surface area contributed by atoms with E-state index in [1.54, 1.807) is 6.07 Å². The molecular weight excluding hydrogens is 259 g/mol. The molecule has 0 N–H and O–H groups in total. The smallest absolute Gasteiger partial charge is 0.417 e. The molecule has 19 heavy (non-hydrogen) atoms. The Morgan fingerprint density at radius 2 is 1.89 bits per heavy atom. The Balaban J connectivity index is 2.18. The zero-order valence-electron chi connectivity index (χ0n) is 9.35. The Labute approximate surface area is 106 Å². The van der Waals surface area contributed by atoms with Crippen LogP contribution in [0.2, 0.25) is 0 Å². The number of halogens is 3. The van der Waals surface area contributed by atoms with Gasteiger partial charge in [-0.3, -0.25) is 0 Å². The molecule has 0 aromatic carbocycles. The number of nitriles is 1. The highest BCUT2D eigenvalue weighted by Crippen LogP contribution is 2.29. The van der Waals surface area contributed by atoms with E-state index in [1.165, 1.54) is 12.1 Å². The van der Waals surface area contributed by atoms with Crippen LogP contribution in [0.15, 0.2) is 36.5 Å². The van der Waals surface area contributed by atoms with Gasteiger partial charge in [0.15, 0.2) is 0 Å². The van der Waals surface area contributed by atoms with Crippen molar-refractivity contribution in [3.8, 4) is 17.8 Å². The van der Waals surface area contributed by atoms with Crippen molar-refractivity contribution in [2.45, 2.75) is 6.18 Å². The molecule has 0 unspecified atom stereocenters. The van der Waals surface area contributed by atoms with Gasteiger partial charge in [-0.1, -0.05) is 6.07 Å². The molecule has 0 aliphatic rings. The van der Waals surface area contributed by atoms with Crippen LogP contribution in [0, 0.1) is 11.3 Å². The molecule has 96 valence electrons. The van der Waals surface area contributed by atoms with Gasteiger partial charge in [-0.15, -0.1) is 0 Å². The van der Waals surface area contributed by atoms with Crippen LogP contribution >= 0.6 is 0 Å². The van der Waals surface area contributed by atoms with Gasteiger partial charge < -0.3 is 4.74 Å². The fourth-order valence-electron chi connectivity index (χ4n) is 1.25. The maximum Gasteiger partial charge on any atom is 0.417 e. The van der Waals surface area contributed by atoms with Crippen LogP contribution in [0.3, 0.4) is 0 Å². The van der Waals surface area contributed by atoms with E-state index in [9.17, 15) is 13.2 Å². The van der Waals surface area contributed by atoms with Gasteiger partial charge in [0.2, 0.25) is 11.8 Å². The van der Waals surface area contributed by atoms with Crippen molar-refractivity contribution >= 4 is 0 Å². The summed E-state index contributed by atoms with van der Waals surface area (Å²) in [6.07, 6.45) is -3.77. The first-order valence-corrected chi connectivity index (χ1v) is 5.07. The van der Waals surface area contributed by atoms with Crippen LogP contribution in [-0.2, 0) is 6.18 Å². The summed E-state index contributed by atoms with van der Waals surface area (Å²) >= 11 is 0.